The largest absolute Gasteiger partial charge is 0.478 e. The number of hydrogen-bond acceptors (Lipinski definition) is 6. The predicted octanol–water partition coefficient (Wildman–Crippen LogP) is 3.80. The molecule has 0 spiro atoms. The molecule has 3 N–H and O–H groups in total. The molecule has 0 aliphatic heterocycles. The third-order valence-electron chi connectivity index (χ3n) is 5.02. The van der Waals surface area contributed by atoms with Crippen LogP contribution in [-0.2, 0) is 19.3 Å². The number of benzene rings is 1. The van der Waals surface area contributed by atoms with Crippen molar-refractivity contribution in [3.05, 3.63) is 77.4 Å². The molecule has 4 rings (SSSR count). The maximum atomic E-state index is 13.6. The molecule has 0 atom stereocenters. The Kier molecular flexibility index (Phi) is 6.35. The SMILES string of the molecule is CCOc1ccc(Cn2cc(C(=O)NCc3ccc4c(N)nccc4c3)c(C(F)(F)F)n2)cn1. The number of halogens is 3. The van der Waals surface area contributed by atoms with Crippen LogP contribution >= 0.6 is 0 Å². The van der Waals surface area contributed by atoms with Gasteiger partial charge in [-0.2, -0.15) is 18.3 Å². The number of fused-ring (bicyclic) bond motifs is 1. The quantitative estimate of drug-likeness (QED) is 0.425. The normalized spacial score (nSPS) is 11.5. The van der Waals surface area contributed by atoms with Crippen molar-refractivity contribution in [2.24, 2.45) is 0 Å². The van der Waals surface area contributed by atoms with E-state index < -0.39 is 23.3 Å². The lowest BCUT2D eigenvalue weighted by Gasteiger charge is -2.08. The molecule has 4 aromatic rings. The third kappa shape index (κ3) is 5.08. The van der Waals surface area contributed by atoms with Crippen molar-refractivity contribution in [1.29, 1.82) is 0 Å². The first kappa shape index (κ1) is 23.0. The van der Waals surface area contributed by atoms with E-state index in [-0.39, 0.29) is 13.1 Å². The number of ether oxygens (including phenoxy) is 1. The fourth-order valence-corrected chi connectivity index (χ4v) is 3.44. The van der Waals surface area contributed by atoms with Gasteiger partial charge in [-0.25, -0.2) is 9.97 Å². The van der Waals surface area contributed by atoms with E-state index in [2.05, 4.69) is 20.4 Å². The molecule has 0 unspecified atom stereocenters. The van der Waals surface area contributed by atoms with Gasteiger partial charge in [-0.15, -0.1) is 0 Å². The van der Waals surface area contributed by atoms with Gasteiger partial charge in [-0.3, -0.25) is 9.48 Å². The Hall–Kier alpha value is -4.15. The molecule has 1 aromatic carbocycles. The maximum absolute atomic E-state index is 13.6. The van der Waals surface area contributed by atoms with Crippen molar-refractivity contribution < 1.29 is 22.7 Å². The topological polar surface area (TPSA) is 108 Å². The molecule has 0 aliphatic rings. The first-order chi connectivity index (χ1) is 16.2. The van der Waals surface area contributed by atoms with Crippen molar-refractivity contribution in [2.45, 2.75) is 26.2 Å². The highest BCUT2D eigenvalue weighted by molar-refractivity contribution is 5.95. The van der Waals surface area contributed by atoms with Gasteiger partial charge >= 0.3 is 6.18 Å². The molecule has 11 heteroatoms. The smallest absolute Gasteiger partial charge is 0.435 e. The number of nitrogen functional groups attached to an aromatic ring is 1. The first-order valence-electron chi connectivity index (χ1n) is 10.4. The average Bonchev–Trinajstić information content (AvgIpc) is 3.24. The number of nitrogens with one attached hydrogen (secondary N) is 1. The molecule has 0 bridgehead atoms. The van der Waals surface area contributed by atoms with Crippen LogP contribution in [0.15, 0.2) is 55.0 Å². The summed E-state index contributed by atoms with van der Waals surface area (Å²) in [4.78, 5) is 20.8. The van der Waals surface area contributed by atoms with E-state index in [1.165, 1.54) is 6.20 Å². The number of hydrogen-bond donors (Lipinski definition) is 2. The van der Waals surface area contributed by atoms with Crippen molar-refractivity contribution in [2.75, 3.05) is 12.3 Å². The molecule has 0 radical (unpaired) electrons. The standard InChI is InChI=1S/C23H21F3N6O2/c1-2-34-19-6-4-15(11-29-19)12-32-13-18(20(31-32)23(24,25)26)22(33)30-10-14-3-5-17-16(9-14)7-8-28-21(17)27/h3-9,11,13H,2,10,12H2,1H3,(H2,27,28)(H,30,33). The molecule has 0 saturated carbocycles. The Morgan fingerprint density at radius 2 is 1.94 bits per heavy atom. The molecule has 0 fully saturated rings. The van der Waals surface area contributed by atoms with Crippen LogP contribution in [0, 0.1) is 0 Å². The van der Waals surface area contributed by atoms with Gasteiger partial charge in [0.2, 0.25) is 5.88 Å². The Morgan fingerprint density at radius 3 is 2.65 bits per heavy atom. The second-order valence-corrected chi connectivity index (χ2v) is 7.46. The number of alkyl halides is 3. The lowest BCUT2D eigenvalue weighted by atomic mass is 10.1. The van der Waals surface area contributed by atoms with Crippen molar-refractivity contribution in [1.82, 2.24) is 25.1 Å². The first-order valence-corrected chi connectivity index (χ1v) is 10.4. The number of amides is 1. The average molecular weight is 470 g/mol. The van der Waals surface area contributed by atoms with Crippen LogP contribution < -0.4 is 15.8 Å². The molecule has 0 aliphatic carbocycles. The molecule has 8 nitrogen and oxygen atoms in total. The summed E-state index contributed by atoms with van der Waals surface area (Å²) in [6, 6.07) is 10.3. The number of aromatic nitrogens is 4. The molecular weight excluding hydrogens is 449 g/mol. The number of nitrogens with two attached hydrogens (primary N) is 1. The zero-order chi connectivity index (χ0) is 24.3. The Balaban J connectivity index is 1.51. The van der Waals surface area contributed by atoms with Crippen LogP contribution in [0.5, 0.6) is 5.88 Å². The number of pyridine rings is 2. The zero-order valence-electron chi connectivity index (χ0n) is 18.1. The van der Waals surface area contributed by atoms with Crippen LogP contribution in [0.25, 0.3) is 10.8 Å². The van der Waals surface area contributed by atoms with Gasteiger partial charge < -0.3 is 15.8 Å². The number of carbonyl (C=O) groups is 1. The van der Waals surface area contributed by atoms with E-state index >= 15 is 0 Å². The number of anilines is 1. The zero-order valence-corrected chi connectivity index (χ0v) is 18.1. The van der Waals surface area contributed by atoms with Gasteiger partial charge in [0, 0.05) is 36.6 Å². The minimum Gasteiger partial charge on any atom is -0.478 e. The van der Waals surface area contributed by atoms with Crippen molar-refractivity contribution >= 4 is 22.5 Å². The molecule has 176 valence electrons. The van der Waals surface area contributed by atoms with Gasteiger partial charge in [-0.1, -0.05) is 18.2 Å². The van der Waals surface area contributed by atoms with Crippen LogP contribution in [-0.4, -0.2) is 32.3 Å². The Morgan fingerprint density at radius 1 is 1.15 bits per heavy atom. The van der Waals surface area contributed by atoms with E-state index in [9.17, 15) is 18.0 Å². The van der Waals surface area contributed by atoms with Crippen LogP contribution in [0.3, 0.4) is 0 Å². The minimum atomic E-state index is -4.79. The summed E-state index contributed by atoms with van der Waals surface area (Å²) in [6.45, 7) is 2.31. The monoisotopic (exact) mass is 470 g/mol. The summed E-state index contributed by atoms with van der Waals surface area (Å²) in [5, 5.41) is 7.71. The summed E-state index contributed by atoms with van der Waals surface area (Å²) in [5.74, 6) is -0.0915. The van der Waals surface area contributed by atoms with Crippen LogP contribution in [0.4, 0.5) is 19.0 Å². The highest BCUT2D eigenvalue weighted by Crippen LogP contribution is 2.31. The summed E-state index contributed by atoms with van der Waals surface area (Å²) in [5.41, 5.74) is 5.34. The van der Waals surface area contributed by atoms with Gasteiger partial charge in [-0.05, 0) is 35.6 Å². The summed E-state index contributed by atoms with van der Waals surface area (Å²) < 4.78 is 47.0. The fraction of sp³-hybridized carbons (Fsp3) is 0.217. The van der Waals surface area contributed by atoms with E-state index in [1.807, 2.05) is 6.92 Å². The van der Waals surface area contributed by atoms with Crippen LogP contribution in [0.2, 0.25) is 0 Å². The lowest BCUT2D eigenvalue weighted by Crippen LogP contribution is -2.25. The van der Waals surface area contributed by atoms with Crippen molar-refractivity contribution in [3.8, 4) is 5.88 Å². The van der Waals surface area contributed by atoms with E-state index in [0.29, 0.717) is 29.4 Å². The Bertz CT molecular complexity index is 1320. The maximum Gasteiger partial charge on any atom is 0.435 e. The summed E-state index contributed by atoms with van der Waals surface area (Å²) >= 11 is 0. The van der Waals surface area contributed by atoms with Gasteiger partial charge in [0.15, 0.2) is 5.69 Å². The number of nitrogens with zero attached hydrogens (tertiary/aromatic N) is 4. The van der Waals surface area contributed by atoms with E-state index in [1.54, 1.807) is 42.6 Å². The third-order valence-corrected chi connectivity index (χ3v) is 5.02. The second-order valence-electron chi connectivity index (χ2n) is 7.46. The number of rotatable bonds is 7. The molecule has 34 heavy (non-hydrogen) atoms. The fourth-order valence-electron chi connectivity index (χ4n) is 3.44. The second kappa shape index (κ2) is 9.38. The predicted molar refractivity (Wildman–Crippen MR) is 119 cm³/mol. The van der Waals surface area contributed by atoms with E-state index in [4.69, 9.17) is 10.5 Å². The van der Waals surface area contributed by atoms with Gasteiger partial charge in [0.1, 0.15) is 5.82 Å². The Labute approximate surface area is 192 Å². The highest BCUT2D eigenvalue weighted by atomic mass is 19.4. The molecular formula is C23H21F3N6O2. The summed E-state index contributed by atoms with van der Waals surface area (Å²) in [6.07, 6.45) is -0.657. The number of carbonyl (C=O) groups excluding carboxylic acids is 1. The molecule has 3 heterocycles. The lowest BCUT2D eigenvalue weighted by molar-refractivity contribution is -0.141. The molecule has 0 saturated heterocycles. The van der Waals surface area contributed by atoms with Crippen molar-refractivity contribution in [3.63, 3.8) is 0 Å². The van der Waals surface area contributed by atoms with Gasteiger partial charge in [0.05, 0.1) is 18.7 Å². The van der Waals surface area contributed by atoms with Crippen LogP contribution in [0.1, 0.15) is 34.1 Å². The van der Waals surface area contributed by atoms with Gasteiger partial charge in [0.25, 0.3) is 5.91 Å². The molecule has 1 amide bonds. The summed E-state index contributed by atoms with van der Waals surface area (Å²) in [7, 11) is 0. The molecule has 3 aromatic heterocycles. The van der Waals surface area contributed by atoms with E-state index in [0.717, 1.165) is 21.7 Å². The minimum absolute atomic E-state index is 0.00982. The highest BCUT2D eigenvalue weighted by Gasteiger charge is 2.39.